The number of fused-ring (bicyclic) bond motifs is 1. The van der Waals surface area contributed by atoms with Gasteiger partial charge < -0.3 is 0 Å². The summed E-state index contributed by atoms with van der Waals surface area (Å²) >= 11 is 0. The molecule has 0 nitrogen and oxygen atoms in total. The summed E-state index contributed by atoms with van der Waals surface area (Å²) in [5.74, 6) is 0. The Kier molecular flexibility index (Phi) is 1.84. The van der Waals surface area contributed by atoms with Crippen LogP contribution in [0.3, 0.4) is 0 Å². The zero-order valence-corrected chi connectivity index (χ0v) is 8.31. The van der Waals surface area contributed by atoms with Gasteiger partial charge in [0, 0.05) is 0 Å². The van der Waals surface area contributed by atoms with Gasteiger partial charge in [-0.25, -0.2) is 0 Å². The first-order chi connectivity index (χ1) is 6.18. The summed E-state index contributed by atoms with van der Waals surface area (Å²) in [5.41, 5.74) is 3.98. The molecule has 0 aliphatic rings. The second kappa shape index (κ2) is 2.88. The molecule has 2 aromatic carbocycles. The van der Waals surface area contributed by atoms with Crippen molar-refractivity contribution in [2.24, 2.45) is 0 Å². The van der Waals surface area contributed by atoms with Gasteiger partial charge in [-0.1, -0.05) is 29.8 Å². The lowest BCUT2D eigenvalue weighted by Gasteiger charge is -2.05. The summed E-state index contributed by atoms with van der Waals surface area (Å²) in [6, 6.07) is 11.8. The van der Waals surface area contributed by atoms with E-state index < -0.39 is 0 Å². The highest BCUT2D eigenvalue weighted by Gasteiger charge is 2.00. The van der Waals surface area contributed by atoms with E-state index >= 15 is 0 Å². The van der Waals surface area contributed by atoms with E-state index in [-0.39, 0.29) is 0 Å². The molecule has 2 aromatic rings. The third-order valence-electron chi connectivity index (χ3n) is 2.47. The monoisotopic (exact) mass is 169 g/mol. The Morgan fingerprint density at radius 3 is 2.54 bits per heavy atom. The average Bonchev–Trinajstić information content (AvgIpc) is 2.07. The lowest BCUT2D eigenvalue weighted by Crippen LogP contribution is -1.84. The number of hydrogen-bond donors (Lipinski definition) is 0. The average molecular weight is 169 g/mol. The lowest BCUT2D eigenvalue weighted by atomic mass is 9.99. The highest BCUT2D eigenvalue weighted by Crippen LogP contribution is 2.22. The lowest BCUT2D eigenvalue weighted by molar-refractivity contribution is 1.41. The van der Waals surface area contributed by atoms with E-state index in [0.717, 1.165) is 0 Å². The summed E-state index contributed by atoms with van der Waals surface area (Å²) in [7, 11) is 0. The topological polar surface area (TPSA) is 0 Å². The van der Waals surface area contributed by atoms with Crippen molar-refractivity contribution < 1.29 is 0 Å². The minimum atomic E-state index is 1.26. The maximum absolute atomic E-state index is 3.29. The van der Waals surface area contributed by atoms with Gasteiger partial charge in [0.05, 0.1) is 0 Å². The standard InChI is InChI=1S/C13H13/c1-9-7-11(3)12-6-4-5-10(2)13(12)8-9/h4-5,7-8H,1-3H3. The van der Waals surface area contributed by atoms with E-state index in [0.29, 0.717) is 0 Å². The van der Waals surface area contributed by atoms with Crippen molar-refractivity contribution in [2.45, 2.75) is 20.8 Å². The molecule has 2 rings (SSSR count). The molecule has 0 aliphatic carbocycles. The van der Waals surface area contributed by atoms with Crippen LogP contribution in [0.4, 0.5) is 0 Å². The zero-order chi connectivity index (χ0) is 9.42. The number of benzene rings is 2. The van der Waals surface area contributed by atoms with Gasteiger partial charge in [0.1, 0.15) is 0 Å². The van der Waals surface area contributed by atoms with Crippen LogP contribution >= 0.6 is 0 Å². The predicted molar refractivity (Wildman–Crippen MR) is 57.0 cm³/mol. The Bertz CT molecular complexity index is 453. The second-order valence-electron chi connectivity index (χ2n) is 3.67. The fourth-order valence-corrected chi connectivity index (χ4v) is 1.81. The van der Waals surface area contributed by atoms with E-state index in [4.69, 9.17) is 0 Å². The molecule has 0 saturated heterocycles. The normalized spacial score (nSPS) is 10.7. The van der Waals surface area contributed by atoms with Gasteiger partial charge in [0.25, 0.3) is 0 Å². The van der Waals surface area contributed by atoms with Crippen LogP contribution in [0.5, 0.6) is 0 Å². The van der Waals surface area contributed by atoms with Crippen molar-refractivity contribution in [1.82, 2.24) is 0 Å². The Hall–Kier alpha value is -1.30. The highest BCUT2D eigenvalue weighted by atomic mass is 14.0. The molecule has 0 saturated carbocycles. The third-order valence-corrected chi connectivity index (χ3v) is 2.47. The number of rotatable bonds is 0. The third kappa shape index (κ3) is 1.33. The van der Waals surface area contributed by atoms with Gasteiger partial charge in [-0.2, -0.15) is 0 Å². The van der Waals surface area contributed by atoms with Crippen molar-refractivity contribution in [2.75, 3.05) is 0 Å². The Balaban J connectivity index is 2.94. The molecule has 0 spiro atoms. The van der Waals surface area contributed by atoms with Crippen LogP contribution in [0.2, 0.25) is 0 Å². The Labute approximate surface area is 79.2 Å². The molecule has 0 amide bonds. The molecule has 0 aromatic heterocycles. The predicted octanol–water partition coefficient (Wildman–Crippen LogP) is 3.57. The molecular weight excluding hydrogens is 156 g/mol. The molecule has 65 valence electrons. The van der Waals surface area contributed by atoms with Gasteiger partial charge in [0.15, 0.2) is 0 Å². The van der Waals surface area contributed by atoms with E-state index in [1.807, 2.05) is 6.07 Å². The molecule has 0 fully saturated rings. The SMILES string of the molecule is Cc1cc(C)c2[c]ccc(C)c2c1. The minimum absolute atomic E-state index is 1.26. The molecule has 0 N–H and O–H groups in total. The molecule has 13 heavy (non-hydrogen) atoms. The first-order valence-corrected chi connectivity index (χ1v) is 4.57. The van der Waals surface area contributed by atoms with Crippen molar-refractivity contribution >= 4 is 10.8 Å². The van der Waals surface area contributed by atoms with Crippen molar-refractivity contribution in [3.8, 4) is 0 Å². The van der Waals surface area contributed by atoms with E-state index in [9.17, 15) is 0 Å². The zero-order valence-electron chi connectivity index (χ0n) is 8.31. The smallest absolute Gasteiger partial charge is 0.00730 e. The van der Waals surface area contributed by atoms with Gasteiger partial charge in [-0.05, 0) is 48.7 Å². The van der Waals surface area contributed by atoms with Crippen LogP contribution in [0.1, 0.15) is 16.7 Å². The van der Waals surface area contributed by atoms with E-state index in [1.165, 1.54) is 27.5 Å². The van der Waals surface area contributed by atoms with Crippen LogP contribution in [0.15, 0.2) is 24.3 Å². The van der Waals surface area contributed by atoms with Crippen LogP contribution in [0, 0.1) is 26.8 Å². The summed E-state index contributed by atoms with van der Waals surface area (Å²) in [6.07, 6.45) is 0. The summed E-state index contributed by atoms with van der Waals surface area (Å²) in [4.78, 5) is 0. The molecule has 1 radical (unpaired) electrons. The highest BCUT2D eigenvalue weighted by molar-refractivity contribution is 5.88. The summed E-state index contributed by atoms with van der Waals surface area (Å²) in [6.45, 7) is 6.43. The molecule has 0 unspecified atom stereocenters. The molecule has 0 heterocycles. The number of aryl methyl sites for hydroxylation is 3. The molecule has 0 atom stereocenters. The largest absolute Gasteiger partial charge is 0.0581 e. The van der Waals surface area contributed by atoms with Crippen LogP contribution in [-0.2, 0) is 0 Å². The first-order valence-electron chi connectivity index (χ1n) is 4.57. The Morgan fingerprint density at radius 2 is 1.77 bits per heavy atom. The van der Waals surface area contributed by atoms with Gasteiger partial charge in [-0.15, -0.1) is 0 Å². The maximum Gasteiger partial charge on any atom is -0.00730 e. The van der Waals surface area contributed by atoms with Crippen molar-refractivity contribution in [1.29, 1.82) is 0 Å². The molecule has 0 aliphatic heterocycles. The minimum Gasteiger partial charge on any atom is -0.0581 e. The van der Waals surface area contributed by atoms with Gasteiger partial charge in [0.2, 0.25) is 0 Å². The quantitative estimate of drug-likeness (QED) is 0.565. The number of hydrogen-bond acceptors (Lipinski definition) is 0. The summed E-state index contributed by atoms with van der Waals surface area (Å²) < 4.78 is 0. The Morgan fingerprint density at radius 1 is 1.00 bits per heavy atom. The van der Waals surface area contributed by atoms with E-state index in [1.54, 1.807) is 0 Å². The van der Waals surface area contributed by atoms with Crippen molar-refractivity contribution in [3.05, 3.63) is 47.0 Å². The molecule has 0 heteroatoms. The fourth-order valence-electron chi connectivity index (χ4n) is 1.81. The van der Waals surface area contributed by atoms with E-state index in [2.05, 4.69) is 45.0 Å². The van der Waals surface area contributed by atoms with Crippen molar-refractivity contribution in [3.63, 3.8) is 0 Å². The van der Waals surface area contributed by atoms with Crippen LogP contribution < -0.4 is 0 Å². The first kappa shape index (κ1) is 8.31. The van der Waals surface area contributed by atoms with Gasteiger partial charge in [-0.3, -0.25) is 0 Å². The fraction of sp³-hybridized carbons (Fsp3) is 0.231. The summed E-state index contributed by atoms with van der Waals surface area (Å²) in [5, 5.41) is 2.59. The van der Waals surface area contributed by atoms with Crippen LogP contribution in [0.25, 0.3) is 10.8 Å². The molecule has 0 bridgehead atoms. The molecular formula is C13H13. The second-order valence-corrected chi connectivity index (χ2v) is 3.67. The van der Waals surface area contributed by atoms with Crippen LogP contribution in [-0.4, -0.2) is 0 Å². The maximum atomic E-state index is 3.29. The van der Waals surface area contributed by atoms with Gasteiger partial charge >= 0.3 is 0 Å².